The molecule has 0 atom stereocenters. The normalized spacial score (nSPS) is 12.0. The lowest BCUT2D eigenvalue weighted by molar-refractivity contribution is 0.797. The summed E-state index contributed by atoms with van der Waals surface area (Å²) >= 11 is 15.8. The van der Waals surface area contributed by atoms with Gasteiger partial charge in [0, 0.05) is 7.05 Å². The maximum atomic E-state index is 5.27. The summed E-state index contributed by atoms with van der Waals surface area (Å²) in [7, 11) is 1.60. The molecule has 0 heterocycles. The molecule has 0 aliphatic rings. The van der Waals surface area contributed by atoms with Gasteiger partial charge in [-0.1, -0.05) is 34.8 Å². The van der Waals surface area contributed by atoms with Crippen LogP contribution in [0.4, 0.5) is 0 Å². The molecule has 4 heteroatoms. The SMILES string of the molecule is C[N]CC(Cl)(Cl)Cl. The second kappa shape index (κ2) is 2.98. The van der Waals surface area contributed by atoms with Crippen molar-refractivity contribution in [3.63, 3.8) is 0 Å². The first-order valence-electron chi connectivity index (χ1n) is 1.68. The summed E-state index contributed by atoms with van der Waals surface area (Å²) in [5.74, 6) is 0. The topological polar surface area (TPSA) is 14.1 Å². The van der Waals surface area contributed by atoms with E-state index >= 15 is 0 Å². The summed E-state index contributed by atoms with van der Waals surface area (Å²) in [6.45, 7) is 0.262. The van der Waals surface area contributed by atoms with Crippen LogP contribution in [0.25, 0.3) is 0 Å². The highest BCUT2D eigenvalue weighted by atomic mass is 35.6. The fourth-order valence-electron chi connectivity index (χ4n) is 0.179. The van der Waals surface area contributed by atoms with Crippen molar-refractivity contribution in [1.82, 2.24) is 5.32 Å². The van der Waals surface area contributed by atoms with Crippen LogP contribution in [-0.2, 0) is 0 Å². The van der Waals surface area contributed by atoms with E-state index in [1.165, 1.54) is 0 Å². The van der Waals surface area contributed by atoms with Gasteiger partial charge in [-0.3, -0.25) is 0 Å². The molecule has 0 N–H and O–H groups in total. The van der Waals surface area contributed by atoms with Gasteiger partial charge in [-0.05, 0) is 0 Å². The van der Waals surface area contributed by atoms with E-state index in [0.717, 1.165) is 0 Å². The Morgan fingerprint density at radius 2 is 1.86 bits per heavy atom. The lowest BCUT2D eigenvalue weighted by Gasteiger charge is -2.05. The molecule has 43 valence electrons. The van der Waals surface area contributed by atoms with E-state index in [1.54, 1.807) is 7.05 Å². The molecular weight excluding hydrogens is 156 g/mol. The van der Waals surface area contributed by atoms with Gasteiger partial charge in [-0.15, -0.1) is 0 Å². The van der Waals surface area contributed by atoms with E-state index in [9.17, 15) is 0 Å². The van der Waals surface area contributed by atoms with E-state index < -0.39 is 3.79 Å². The third-order valence-electron chi connectivity index (χ3n) is 0.337. The van der Waals surface area contributed by atoms with Crippen molar-refractivity contribution in [2.24, 2.45) is 0 Å². The molecule has 0 bridgehead atoms. The Hall–Kier alpha value is 0.830. The van der Waals surface area contributed by atoms with Crippen LogP contribution in [0.2, 0.25) is 0 Å². The summed E-state index contributed by atoms with van der Waals surface area (Å²) < 4.78 is -1.20. The molecule has 0 aliphatic carbocycles. The van der Waals surface area contributed by atoms with Gasteiger partial charge in [0.2, 0.25) is 3.79 Å². The van der Waals surface area contributed by atoms with Crippen LogP contribution >= 0.6 is 34.8 Å². The van der Waals surface area contributed by atoms with Gasteiger partial charge in [0.25, 0.3) is 0 Å². The lowest BCUT2D eigenvalue weighted by Crippen LogP contribution is -2.16. The van der Waals surface area contributed by atoms with Gasteiger partial charge in [-0.2, -0.15) is 0 Å². The highest BCUT2D eigenvalue weighted by Gasteiger charge is 2.17. The Morgan fingerprint density at radius 3 is 1.86 bits per heavy atom. The Labute approximate surface area is 57.9 Å². The molecule has 0 aliphatic heterocycles. The number of nitrogens with zero attached hydrogens (tertiary/aromatic N) is 1. The van der Waals surface area contributed by atoms with Crippen molar-refractivity contribution in [1.29, 1.82) is 0 Å². The third kappa shape index (κ3) is 6.83. The molecule has 0 saturated heterocycles. The molecule has 0 saturated carbocycles. The molecule has 0 amide bonds. The monoisotopic (exact) mass is 160 g/mol. The van der Waals surface area contributed by atoms with Gasteiger partial charge in [0.1, 0.15) is 0 Å². The van der Waals surface area contributed by atoms with Crippen molar-refractivity contribution in [3.05, 3.63) is 0 Å². The number of rotatable bonds is 1. The average molecular weight is 161 g/mol. The minimum absolute atomic E-state index is 0.262. The molecule has 0 spiro atoms. The first-order valence-corrected chi connectivity index (χ1v) is 2.82. The Morgan fingerprint density at radius 1 is 1.43 bits per heavy atom. The highest BCUT2D eigenvalue weighted by molar-refractivity contribution is 6.67. The zero-order valence-electron chi connectivity index (χ0n) is 3.79. The number of halogens is 3. The van der Waals surface area contributed by atoms with Crippen LogP contribution in [0.3, 0.4) is 0 Å². The minimum atomic E-state index is -1.20. The van der Waals surface area contributed by atoms with Crippen molar-refractivity contribution in [3.8, 4) is 0 Å². The highest BCUT2D eigenvalue weighted by Crippen LogP contribution is 2.24. The number of hydrogen-bond acceptors (Lipinski definition) is 0. The molecular formula is C3H5Cl3N. The molecule has 7 heavy (non-hydrogen) atoms. The molecule has 0 rings (SSSR count). The Bertz CT molecular complexity index is 48.6. The fraction of sp³-hybridized carbons (Fsp3) is 1.00. The van der Waals surface area contributed by atoms with Crippen molar-refractivity contribution < 1.29 is 0 Å². The molecule has 1 nitrogen and oxygen atoms in total. The maximum absolute atomic E-state index is 5.27. The van der Waals surface area contributed by atoms with Gasteiger partial charge < -0.3 is 0 Å². The molecule has 0 fully saturated rings. The third-order valence-corrected chi connectivity index (χ3v) is 0.696. The van der Waals surface area contributed by atoms with E-state index in [4.69, 9.17) is 34.8 Å². The predicted molar refractivity (Wildman–Crippen MR) is 33.2 cm³/mol. The summed E-state index contributed by atoms with van der Waals surface area (Å²) in [5, 5.41) is 3.61. The summed E-state index contributed by atoms with van der Waals surface area (Å²) in [4.78, 5) is 0. The first kappa shape index (κ1) is 7.83. The number of alkyl halides is 3. The second-order valence-corrected chi connectivity index (χ2v) is 3.61. The van der Waals surface area contributed by atoms with Gasteiger partial charge in [0.05, 0.1) is 6.54 Å². The molecule has 0 unspecified atom stereocenters. The zero-order valence-corrected chi connectivity index (χ0v) is 6.06. The first-order chi connectivity index (χ1) is 3.06. The zero-order chi connectivity index (χ0) is 5.91. The average Bonchev–Trinajstić information content (AvgIpc) is 1.30. The summed E-state index contributed by atoms with van der Waals surface area (Å²) in [6, 6.07) is 0. The predicted octanol–water partition coefficient (Wildman–Crippen LogP) is 1.59. The van der Waals surface area contributed by atoms with Gasteiger partial charge >= 0.3 is 0 Å². The van der Waals surface area contributed by atoms with E-state index in [1.807, 2.05) is 0 Å². The fourth-order valence-corrected chi connectivity index (χ4v) is 0.538. The summed E-state index contributed by atoms with van der Waals surface area (Å²) in [6.07, 6.45) is 0. The molecule has 0 aromatic carbocycles. The van der Waals surface area contributed by atoms with Gasteiger partial charge in [0.15, 0.2) is 0 Å². The Kier molecular flexibility index (Phi) is 3.33. The van der Waals surface area contributed by atoms with E-state index in [0.29, 0.717) is 0 Å². The van der Waals surface area contributed by atoms with Crippen LogP contribution in [-0.4, -0.2) is 17.4 Å². The smallest absolute Gasteiger partial charge is 0.204 e. The van der Waals surface area contributed by atoms with E-state index in [2.05, 4.69) is 5.32 Å². The van der Waals surface area contributed by atoms with Crippen molar-refractivity contribution in [2.75, 3.05) is 13.6 Å². The van der Waals surface area contributed by atoms with Crippen LogP contribution in [0.15, 0.2) is 0 Å². The van der Waals surface area contributed by atoms with Crippen LogP contribution in [0, 0.1) is 0 Å². The summed E-state index contributed by atoms with van der Waals surface area (Å²) in [5.41, 5.74) is 0. The molecule has 0 aromatic rings. The standard InChI is InChI=1S/C3H5Cl3N/c1-7-2-3(4,5)6/h2H2,1H3. The van der Waals surface area contributed by atoms with Crippen LogP contribution in [0.1, 0.15) is 0 Å². The molecule has 1 radical (unpaired) electrons. The maximum Gasteiger partial charge on any atom is 0.204 e. The molecule has 0 aromatic heterocycles. The minimum Gasteiger partial charge on any atom is -0.241 e. The van der Waals surface area contributed by atoms with E-state index in [-0.39, 0.29) is 6.54 Å². The Balaban J connectivity index is 3.15. The van der Waals surface area contributed by atoms with Gasteiger partial charge in [-0.25, -0.2) is 5.32 Å². The number of hydrogen-bond donors (Lipinski definition) is 0. The largest absolute Gasteiger partial charge is 0.241 e. The lowest BCUT2D eigenvalue weighted by atomic mass is 10.7. The van der Waals surface area contributed by atoms with Crippen molar-refractivity contribution in [2.45, 2.75) is 3.79 Å². The van der Waals surface area contributed by atoms with Crippen LogP contribution in [0.5, 0.6) is 0 Å². The quantitative estimate of drug-likeness (QED) is 0.519. The second-order valence-electron chi connectivity index (χ2n) is 1.09. The van der Waals surface area contributed by atoms with Crippen molar-refractivity contribution >= 4 is 34.8 Å². The van der Waals surface area contributed by atoms with Crippen LogP contribution < -0.4 is 5.32 Å².